The fraction of sp³-hybridized carbons (Fsp3) is 0.167. The molecule has 0 fully saturated rings. The van der Waals surface area contributed by atoms with Gasteiger partial charge in [0, 0.05) is 30.6 Å². The first kappa shape index (κ1) is 17.3. The summed E-state index contributed by atoms with van der Waals surface area (Å²) in [5.74, 6) is -1.26. The number of amides is 2. The summed E-state index contributed by atoms with van der Waals surface area (Å²) in [4.78, 5) is 36.0. The predicted molar refractivity (Wildman–Crippen MR) is 96.6 cm³/mol. The second-order valence-corrected chi connectivity index (χ2v) is 5.83. The fourth-order valence-corrected chi connectivity index (χ4v) is 2.55. The zero-order valence-electron chi connectivity index (χ0n) is 14.1. The first-order valence-electron chi connectivity index (χ1n) is 7.92. The lowest BCUT2D eigenvalue weighted by Crippen LogP contribution is -2.32. The highest BCUT2D eigenvalue weighted by Gasteiger charge is 2.17. The number of aryl methyl sites for hydroxylation is 1. The van der Waals surface area contributed by atoms with Crippen LogP contribution in [0.2, 0.25) is 0 Å². The lowest BCUT2D eigenvalue weighted by Gasteiger charge is -2.07. The number of rotatable bonds is 6. The number of furan rings is 1. The maximum Gasteiger partial charge on any atom is 0.268 e. The maximum absolute atomic E-state index is 12.2. The van der Waals surface area contributed by atoms with Crippen molar-refractivity contribution in [3.05, 3.63) is 48.4 Å². The average molecular weight is 354 g/mol. The Balaban J connectivity index is 1.51. The van der Waals surface area contributed by atoms with E-state index in [4.69, 9.17) is 10.2 Å². The number of hydrogen-bond acceptors (Lipinski definition) is 5. The molecular formula is C18H18N4O4. The Bertz CT molecular complexity index is 969. The van der Waals surface area contributed by atoms with Crippen molar-refractivity contribution in [2.75, 3.05) is 17.6 Å². The summed E-state index contributed by atoms with van der Waals surface area (Å²) in [5.41, 5.74) is 8.44. The summed E-state index contributed by atoms with van der Waals surface area (Å²) < 4.78 is 6.92. The number of carbonyl (C=O) groups excluding carboxylic acids is 3. The lowest BCUT2D eigenvalue weighted by atomic mass is 10.2. The quantitative estimate of drug-likeness (QED) is 0.460. The van der Waals surface area contributed by atoms with Gasteiger partial charge in [-0.25, -0.2) is 0 Å². The number of benzene rings is 1. The van der Waals surface area contributed by atoms with Gasteiger partial charge in [0.15, 0.2) is 11.4 Å². The Kier molecular flexibility index (Phi) is 4.74. The number of nitrogens with zero attached hydrogens (tertiary/aromatic N) is 1. The largest absolute Gasteiger partial charge is 0.463 e. The third-order valence-corrected chi connectivity index (χ3v) is 3.89. The number of ketones is 1. The summed E-state index contributed by atoms with van der Waals surface area (Å²) in [6.07, 6.45) is 1.20. The minimum Gasteiger partial charge on any atom is -0.463 e. The van der Waals surface area contributed by atoms with Crippen LogP contribution in [0.25, 0.3) is 11.1 Å². The topological polar surface area (TPSA) is 119 Å². The average Bonchev–Trinajstić information content (AvgIpc) is 3.18. The van der Waals surface area contributed by atoms with Gasteiger partial charge in [-0.1, -0.05) is 0 Å². The number of aromatic nitrogens is 1. The van der Waals surface area contributed by atoms with Gasteiger partial charge in [0.05, 0.1) is 24.7 Å². The highest BCUT2D eigenvalue weighted by molar-refractivity contribution is 6.06. The third kappa shape index (κ3) is 3.75. The number of nitrogen functional groups attached to an aromatic ring is 1. The summed E-state index contributed by atoms with van der Waals surface area (Å²) >= 11 is 0. The second kappa shape index (κ2) is 7.14. The van der Waals surface area contributed by atoms with Gasteiger partial charge in [-0.2, -0.15) is 0 Å². The third-order valence-electron chi connectivity index (χ3n) is 3.89. The molecule has 0 spiro atoms. The molecule has 8 heteroatoms. The highest BCUT2D eigenvalue weighted by atomic mass is 16.3. The minimum atomic E-state index is -0.453. The van der Waals surface area contributed by atoms with Gasteiger partial charge in [-0.05, 0) is 24.3 Å². The van der Waals surface area contributed by atoms with Crippen LogP contribution in [0.3, 0.4) is 0 Å². The molecule has 8 nitrogen and oxygen atoms in total. The lowest BCUT2D eigenvalue weighted by molar-refractivity contribution is -0.124. The van der Waals surface area contributed by atoms with Crippen molar-refractivity contribution in [2.24, 2.45) is 7.05 Å². The summed E-state index contributed by atoms with van der Waals surface area (Å²) in [5, 5.41) is 5.12. The van der Waals surface area contributed by atoms with Crippen molar-refractivity contribution in [3.63, 3.8) is 0 Å². The van der Waals surface area contributed by atoms with E-state index in [9.17, 15) is 14.4 Å². The Morgan fingerprint density at radius 2 is 1.88 bits per heavy atom. The molecule has 0 aliphatic rings. The van der Waals surface area contributed by atoms with E-state index in [0.717, 1.165) is 5.52 Å². The normalized spacial score (nSPS) is 10.7. The standard InChI is InChI=1S/C18H18N4O4/c1-22-14-6-7-26-16(14)9-15(22)18(25)20-10-13(23)8-17(24)21-12-4-2-11(19)3-5-12/h2-7,9H,8,10,19H2,1H3,(H,20,25)(H,21,24). The number of nitrogens with one attached hydrogen (secondary N) is 2. The van der Waals surface area contributed by atoms with Crippen LogP contribution in [-0.2, 0) is 16.6 Å². The van der Waals surface area contributed by atoms with Crippen molar-refractivity contribution in [3.8, 4) is 0 Å². The van der Waals surface area contributed by atoms with Crippen LogP contribution in [0.1, 0.15) is 16.9 Å². The Hall–Kier alpha value is -3.55. The van der Waals surface area contributed by atoms with Crippen LogP contribution in [0.5, 0.6) is 0 Å². The van der Waals surface area contributed by atoms with Crippen molar-refractivity contribution in [1.82, 2.24) is 9.88 Å². The fourth-order valence-electron chi connectivity index (χ4n) is 2.55. The summed E-state index contributed by atoms with van der Waals surface area (Å²) in [6.45, 7) is -0.236. The first-order valence-corrected chi connectivity index (χ1v) is 7.92. The van der Waals surface area contributed by atoms with Crippen LogP contribution < -0.4 is 16.4 Å². The van der Waals surface area contributed by atoms with Gasteiger partial charge < -0.3 is 25.4 Å². The zero-order valence-corrected chi connectivity index (χ0v) is 14.1. The van der Waals surface area contributed by atoms with E-state index in [1.165, 1.54) is 6.26 Å². The number of nitrogens with two attached hydrogens (primary N) is 1. The molecule has 2 aromatic heterocycles. The summed E-state index contributed by atoms with van der Waals surface area (Å²) in [6, 6.07) is 9.93. The van der Waals surface area contributed by atoms with Crippen molar-refractivity contribution in [2.45, 2.75) is 6.42 Å². The van der Waals surface area contributed by atoms with Gasteiger partial charge in [0.1, 0.15) is 5.69 Å². The van der Waals surface area contributed by atoms with E-state index < -0.39 is 17.6 Å². The van der Waals surface area contributed by atoms with E-state index in [2.05, 4.69) is 10.6 Å². The molecule has 4 N–H and O–H groups in total. The van der Waals surface area contributed by atoms with Crippen LogP contribution in [-0.4, -0.2) is 28.7 Å². The van der Waals surface area contributed by atoms with Crippen molar-refractivity contribution < 1.29 is 18.8 Å². The molecule has 0 aliphatic carbocycles. The van der Waals surface area contributed by atoms with Gasteiger partial charge in [-0.3, -0.25) is 14.4 Å². The van der Waals surface area contributed by atoms with Crippen molar-refractivity contribution >= 4 is 40.1 Å². The number of fused-ring (bicyclic) bond motifs is 1. The molecule has 134 valence electrons. The zero-order chi connectivity index (χ0) is 18.7. The molecule has 0 bridgehead atoms. The molecular weight excluding hydrogens is 336 g/mol. The van der Waals surface area contributed by atoms with Gasteiger partial charge >= 0.3 is 0 Å². The van der Waals surface area contributed by atoms with E-state index >= 15 is 0 Å². The molecule has 2 amide bonds. The molecule has 0 radical (unpaired) electrons. The summed E-state index contributed by atoms with van der Waals surface area (Å²) in [7, 11) is 1.73. The Morgan fingerprint density at radius 1 is 1.15 bits per heavy atom. The molecule has 3 aromatic rings. The molecule has 0 atom stereocenters. The molecule has 1 aromatic carbocycles. The molecule has 0 unspecified atom stereocenters. The molecule has 0 saturated heterocycles. The predicted octanol–water partition coefficient (Wildman–Crippen LogP) is 1.68. The molecule has 3 rings (SSSR count). The first-order chi connectivity index (χ1) is 12.4. The molecule has 0 aliphatic heterocycles. The maximum atomic E-state index is 12.2. The number of hydrogen-bond donors (Lipinski definition) is 3. The van der Waals surface area contributed by atoms with Gasteiger partial charge in [0.25, 0.3) is 5.91 Å². The highest BCUT2D eigenvalue weighted by Crippen LogP contribution is 2.19. The van der Waals surface area contributed by atoms with E-state index in [-0.39, 0.29) is 13.0 Å². The van der Waals surface area contributed by atoms with Crippen molar-refractivity contribution in [1.29, 1.82) is 0 Å². The molecule has 2 heterocycles. The van der Waals surface area contributed by atoms with Gasteiger partial charge in [-0.15, -0.1) is 0 Å². The van der Waals surface area contributed by atoms with Crippen LogP contribution >= 0.6 is 0 Å². The van der Waals surface area contributed by atoms with Gasteiger partial charge in [0.2, 0.25) is 5.91 Å². The molecule has 26 heavy (non-hydrogen) atoms. The SMILES string of the molecule is Cn1c(C(=O)NCC(=O)CC(=O)Nc2ccc(N)cc2)cc2occc21. The Morgan fingerprint density at radius 3 is 2.58 bits per heavy atom. The Labute approximate surface area is 148 Å². The number of Topliss-reactive ketones (excluding diaryl/α,β-unsaturated/α-hetero) is 1. The molecule has 0 saturated carbocycles. The van der Waals surface area contributed by atoms with Crippen LogP contribution in [0.4, 0.5) is 11.4 Å². The second-order valence-electron chi connectivity index (χ2n) is 5.83. The van der Waals surface area contributed by atoms with Crippen LogP contribution in [0, 0.1) is 0 Å². The van der Waals surface area contributed by atoms with Crippen LogP contribution in [0.15, 0.2) is 47.1 Å². The van der Waals surface area contributed by atoms with E-state index in [1.54, 1.807) is 48.0 Å². The number of anilines is 2. The number of carbonyl (C=O) groups is 3. The van der Waals surface area contributed by atoms with E-state index in [1.807, 2.05) is 0 Å². The smallest absolute Gasteiger partial charge is 0.268 e. The monoisotopic (exact) mass is 354 g/mol. The van der Waals surface area contributed by atoms with E-state index in [0.29, 0.717) is 22.7 Å². The minimum absolute atomic E-state index is 0.236.